The molecule has 0 heterocycles. The summed E-state index contributed by atoms with van der Waals surface area (Å²) in [4.78, 5) is 39.4. The summed E-state index contributed by atoms with van der Waals surface area (Å²) in [5, 5.41) is 8.50. The number of nitrogens with two attached hydrogens (primary N) is 1. The van der Waals surface area contributed by atoms with Crippen molar-refractivity contribution in [3.8, 4) is 5.75 Å². The average molecular weight is 565 g/mol. The molecule has 0 fully saturated rings. The summed E-state index contributed by atoms with van der Waals surface area (Å²) >= 11 is 0. The summed E-state index contributed by atoms with van der Waals surface area (Å²) in [6, 6.07) is 27.6. The van der Waals surface area contributed by atoms with Crippen molar-refractivity contribution in [2.75, 3.05) is 23.1 Å². The van der Waals surface area contributed by atoms with Crippen molar-refractivity contribution in [2.24, 2.45) is 5.73 Å². The van der Waals surface area contributed by atoms with E-state index in [0.29, 0.717) is 29.1 Å². The minimum atomic E-state index is -0.787. The fraction of sp³-hybridized carbons (Fsp3) is 0.206. The first-order valence-electron chi connectivity index (χ1n) is 13.7. The summed E-state index contributed by atoms with van der Waals surface area (Å²) in [6.07, 6.45) is 0.364. The summed E-state index contributed by atoms with van der Waals surface area (Å²) in [5.74, 6) is -0.552. The van der Waals surface area contributed by atoms with Crippen LogP contribution in [-0.2, 0) is 16.6 Å². The second-order valence-electron chi connectivity index (χ2n) is 11.0. The number of ether oxygens (including phenoxy) is 1. The Bertz CT molecular complexity index is 1540. The molecule has 0 aliphatic heterocycles. The van der Waals surface area contributed by atoms with E-state index in [0.717, 1.165) is 11.1 Å². The number of carbonyl (C=O) groups excluding carboxylic acids is 3. The molecule has 8 nitrogen and oxygen atoms in total. The summed E-state index contributed by atoms with van der Waals surface area (Å²) in [5.41, 5.74) is 9.98. The van der Waals surface area contributed by atoms with Crippen molar-refractivity contribution in [2.45, 2.75) is 38.6 Å². The van der Waals surface area contributed by atoms with Crippen LogP contribution < -0.4 is 26.4 Å². The molecule has 42 heavy (non-hydrogen) atoms. The Balaban J connectivity index is 1.57. The van der Waals surface area contributed by atoms with Crippen LogP contribution in [0.3, 0.4) is 0 Å². The Morgan fingerprint density at radius 3 is 2.02 bits per heavy atom. The molecule has 0 radical (unpaired) electrons. The average Bonchev–Trinajstić information content (AvgIpc) is 2.97. The van der Waals surface area contributed by atoms with Crippen LogP contribution in [0.2, 0.25) is 0 Å². The lowest BCUT2D eigenvalue weighted by atomic mass is 9.86. The molecule has 0 aliphatic rings. The highest BCUT2D eigenvalue weighted by Crippen LogP contribution is 2.26. The molecular formula is C34H36N4O4. The number of hydrogen-bond acceptors (Lipinski definition) is 5. The molecule has 1 atom stereocenters. The van der Waals surface area contributed by atoms with Crippen LogP contribution in [0.1, 0.15) is 52.6 Å². The van der Waals surface area contributed by atoms with Gasteiger partial charge in [-0.2, -0.15) is 0 Å². The second-order valence-corrected chi connectivity index (χ2v) is 11.0. The number of rotatable bonds is 9. The van der Waals surface area contributed by atoms with Gasteiger partial charge in [0.25, 0.3) is 11.8 Å². The number of nitrogens with one attached hydrogen (secondary N) is 3. The number of carbonyl (C=O) groups is 3. The van der Waals surface area contributed by atoms with Gasteiger partial charge in [-0.25, -0.2) is 0 Å². The van der Waals surface area contributed by atoms with Crippen molar-refractivity contribution in [1.82, 2.24) is 0 Å². The van der Waals surface area contributed by atoms with E-state index in [1.807, 2.05) is 42.5 Å². The zero-order valence-corrected chi connectivity index (χ0v) is 24.2. The van der Waals surface area contributed by atoms with E-state index in [4.69, 9.17) is 10.5 Å². The minimum Gasteiger partial charge on any atom is -0.497 e. The third kappa shape index (κ3) is 7.83. The van der Waals surface area contributed by atoms with Crippen LogP contribution in [-0.4, -0.2) is 30.9 Å². The van der Waals surface area contributed by atoms with Gasteiger partial charge in [-0.15, -0.1) is 0 Å². The highest BCUT2D eigenvalue weighted by Gasteiger charge is 2.20. The third-order valence-corrected chi connectivity index (χ3v) is 6.78. The Labute approximate surface area is 246 Å². The molecule has 0 saturated heterocycles. The van der Waals surface area contributed by atoms with E-state index in [1.54, 1.807) is 61.7 Å². The molecule has 4 aromatic carbocycles. The number of hydrogen-bond donors (Lipinski definition) is 4. The van der Waals surface area contributed by atoms with Crippen LogP contribution in [0.5, 0.6) is 5.75 Å². The topological polar surface area (TPSA) is 123 Å². The highest BCUT2D eigenvalue weighted by molar-refractivity contribution is 6.13. The van der Waals surface area contributed by atoms with Gasteiger partial charge in [-0.3, -0.25) is 14.4 Å². The Morgan fingerprint density at radius 1 is 0.762 bits per heavy atom. The smallest absolute Gasteiger partial charge is 0.257 e. The standard InChI is InChI=1S/C34H36N4O4/c1-34(2,3)24-12-10-23(11-13-24)31(39)38-30-21-26(37-33(41)29(35)20-22-8-6-5-7-9-22)16-19-28(30)32(40)36-25-14-17-27(42-4)18-15-25/h5-19,21,29H,20,35H2,1-4H3,(H,36,40)(H,37,41)(H,38,39)/t29-/m0/s1. The maximum Gasteiger partial charge on any atom is 0.257 e. The van der Waals surface area contributed by atoms with E-state index >= 15 is 0 Å². The largest absolute Gasteiger partial charge is 0.497 e. The van der Waals surface area contributed by atoms with E-state index < -0.39 is 17.9 Å². The van der Waals surface area contributed by atoms with Gasteiger partial charge in [0.2, 0.25) is 5.91 Å². The van der Waals surface area contributed by atoms with Crippen LogP contribution in [0.25, 0.3) is 0 Å². The van der Waals surface area contributed by atoms with Crippen molar-refractivity contribution < 1.29 is 19.1 Å². The fourth-order valence-electron chi connectivity index (χ4n) is 4.31. The predicted molar refractivity (Wildman–Crippen MR) is 167 cm³/mol. The van der Waals surface area contributed by atoms with E-state index in [2.05, 4.69) is 36.7 Å². The van der Waals surface area contributed by atoms with Crippen LogP contribution in [0.4, 0.5) is 17.1 Å². The van der Waals surface area contributed by atoms with Gasteiger partial charge in [-0.1, -0.05) is 63.2 Å². The van der Waals surface area contributed by atoms with Crippen molar-refractivity contribution in [3.05, 3.63) is 119 Å². The SMILES string of the molecule is COc1ccc(NC(=O)c2ccc(NC(=O)[C@@H](N)Cc3ccccc3)cc2NC(=O)c2ccc(C(C)(C)C)cc2)cc1. The first-order chi connectivity index (χ1) is 20.0. The van der Waals surface area contributed by atoms with Gasteiger partial charge in [-0.05, 0) is 77.6 Å². The number of methoxy groups -OCH3 is 1. The summed E-state index contributed by atoms with van der Waals surface area (Å²) in [7, 11) is 1.56. The zero-order valence-electron chi connectivity index (χ0n) is 24.2. The molecule has 0 aliphatic carbocycles. The van der Waals surface area contributed by atoms with Crippen molar-refractivity contribution >= 4 is 34.8 Å². The molecule has 5 N–H and O–H groups in total. The molecule has 0 bridgehead atoms. The quantitative estimate of drug-likeness (QED) is 0.198. The third-order valence-electron chi connectivity index (χ3n) is 6.78. The molecule has 0 aromatic heterocycles. The summed E-state index contributed by atoms with van der Waals surface area (Å²) in [6.45, 7) is 6.30. The van der Waals surface area contributed by atoms with Gasteiger partial charge >= 0.3 is 0 Å². The highest BCUT2D eigenvalue weighted by atomic mass is 16.5. The van der Waals surface area contributed by atoms with Crippen molar-refractivity contribution in [3.63, 3.8) is 0 Å². The molecule has 3 amide bonds. The van der Waals surface area contributed by atoms with E-state index in [1.165, 1.54) is 0 Å². The fourth-order valence-corrected chi connectivity index (χ4v) is 4.31. The molecule has 0 unspecified atom stereocenters. The van der Waals surface area contributed by atoms with Gasteiger partial charge in [0.1, 0.15) is 5.75 Å². The number of anilines is 3. The Morgan fingerprint density at radius 2 is 1.40 bits per heavy atom. The lowest BCUT2D eigenvalue weighted by Crippen LogP contribution is -2.37. The van der Waals surface area contributed by atoms with Crippen molar-refractivity contribution in [1.29, 1.82) is 0 Å². The van der Waals surface area contributed by atoms with E-state index in [9.17, 15) is 14.4 Å². The van der Waals surface area contributed by atoms with Crippen LogP contribution >= 0.6 is 0 Å². The van der Waals surface area contributed by atoms with Gasteiger partial charge in [0.05, 0.1) is 24.4 Å². The zero-order chi connectivity index (χ0) is 30.3. The molecule has 0 spiro atoms. The van der Waals surface area contributed by atoms with Gasteiger partial charge < -0.3 is 26.4 Å². The first kappa shape index (κ1) is 30.0. The first-order valence-corrected chi connectivity index (χ1v) is 13.7. The molecule has 4 rings (SSSR count). The Kier molecular flexibility index (Phi) is 9.39. The van der Waals surface area contributed by atoms with Crippen LogP contribution in [0.15, 0.2) is 97.1 Å². The predicted octanol–water partition coefficient (Wildman–Crippen LogP) is 6.01. The van der Waals surface area contributed by atoms with Crippen LogP contribution in [0, 0.1) is 0 Å². The van der Waals surface area contributed by atoms with E-state index in [-0.39, 0.29) is 22.6 Å². The molecule has 8 heteroatoms. The molecule has 216 valence electrons. The monoisotopic (exact) mass is 564 g/mol. The lowest BCUT2D eigenvalue weighted by molar-refractivity contribution is -0.117. The molecule has 4 aromatic rings. The lowest BCUT2D eigenvalue weighted by Gasteiger charge is -2.19. The second kappa shape index (κ2) is 13.1. The molecule has 0 saturated carbocycles. The van der Waals surface area contributed by atoms with Gasteiger partial charge in [0, 0.05) is 16.9 Å². The summed E-state index contributed by atoms with van der Waals surface area (Å²) < 4.78 is 5.18. The maximum absolute atomic E-state index is 13.3. The Hall–Kier alpha value is -4.95. The number of benzene rings is 4. The van der Waals surface area contributed by atoms with Gasteiger partial charge in [0.15, 0.2) is 0 Å². The molecular weight excluding hydrogens is 528 g/mol. The number of amides is 3. The maximum atomic E-state index is 13.3. The normalized spacial score (nSPS) is 11.7. The minimum absolute atomic E-state index is 0.0599.